The molecule has 2 fully saturated rings. The number of hydroxylamine groups is 1. The van der Waals surface area contributed by atoms with E-state index in [2.05, 4.69) is 0 Å². The minimum Gasteiger partial charge on any atom is -0.497 e. The molecule has 2 saturated heterocycles. The van der Waals surface area contributed by atoms with Crippen LogP contribution in [0.3, 0.4) is 0 Å². The summed E-state index contributed by atoms with van der Waals surface area (Å²) in [5.74, 6) is -0.564. The van der Waals surface area contributed by atoms with Crippen molar-refractivity contribution in [3.8, 4) is 5.75 Å². The second-order valence-electron chi connectivity index (χ2n) is 8.44. The molecule has 6 nitrogen and oxygen atoms in total. The number of benzene rings is 4. The highest BCUT2D eigenvalue weighted by molar-refractivity contribution is 6.26. The lowest BCUT2D eigenvalue weighted by Gasteiger charge is -2.29. The molecule has 0 saturated carbocycles. The third-order valence-electron chi connectivity index (χ3n) is 6.59. The number of hydrogen-bond donors (Lipinski definition) is 0. The number of amides is 2. The molecule has 0 aliphatic carbocycles. The highest BCUT2D eigenvalue weighted by Crippen LogP contribution is 2.48. The molecule has 0 bridgehead atoms. The lowest BCUT2D eigenvalue weighted by Crippen LogP contribution is -2.37. The molecule has 4 aromatic carbocycles. The summed E-state index contributed by atoms with van der Waals surface area (Å²) < 4.78 is 5.31. The molecule has 0 aromatic heterocycles. The molecule has 2 heterocycles. The standard InChI is InChI=1S/C28H22N2O4/c1-33-21-16-14-19(15-17-21)25-24-26(34-30(25)20-10-3-2-4-11-20)28(32)29(27(24)31)23-13-7-9-18-8-5-6-12-22(18)23/h2-17,24-26H,1H3/t24-,25-,26+/m1/s1. The number of carbonyl (C=O) groups excluding carboxylic acids is 2. The fourth-order valence-electron chi connectivity index (χ4n) is 4.99. The Kier molecular flexibility index (Phi) is 4.81. The molecule has 0 radical (unpaired) electrons. The summed E-state index contributed by atoms with van der Waals surface area (Å²) in [6.45, 7) is 0. The molecule has 3 atom stereocenters. The van der Waals surface area contributed by atoms with Gasteiger partial charge in [-0.05, 0) is 41.3 Å². The third kappa shape index (κ3) is 3.07. The van der Waals surface area contributed by atoms with Crippen LogP contribution in [0.1, 0.15) is 11.6 Å². The molecule has 6 heteroatoms. The molecule has 2 aliphatic heterocycles. The Morgan fingerprint density at radius 2 is 1.47 bits per heavy atom. The number of nitrogens with zero attached hydrogens (tertiary/aromatic N) is 2. The van der Waals surface area contributed by atoms with Crippen LogP contribution >= 0.6 is 0 Å². The predicted octanol–water partition coefficient (Wildman–Crippen LogP) is 4.90. The van der Waals surface area contributed by atoms with Crippen molar-refractivity contribution < 1.29 is 19.2 Å². The zero-order valence-electron chi connectivity index (χ0n) is 18.5. The summed E-state index contributed by atoms with van der Waals surface area (Å²) in [7, 11) is 1.61. The predicted molar refractivity (Wildman–Crippen MR) is 129 cm³/mol. The molecule has 168 valence electrons. The summed E-state index contributed by atoms with van der Waals surface area (Å²) in [5, 5.41) is 3.52. The minimum absolute atomic E-state index is 0.259. The van der Waals surface area contributed by atoms with Gasteiger partial charge in [-0.3, -0.25) is 14.4 Å². The molecule has 4 aromatic rings. The molecule has 34 heavy (non-hydrogen) atoms. The smallest absolute Gasteiger partial charge is 0.266 e. The van der Waals surface area contributed by atoms with E-state index in [0.29, 0.717) is 5.69 Å². The zero-order valence-corrected chi connectivity index (χ0v) is 18.5. The maximum Gasteiger partial charge on any atom is 0.266 e. The second kappa shape index (κ2) is 8.01. The van der Waals surface area contributed by atoms with Crippen molar-refractivity contribution in [3.05, 3.63) is 103 Å². The molecular weight excluding hydrogens is 428 g/mol. The van der Waals surface area contributed by atoms with Gasteiger partial charge in [0.1, 0.15) is 11.7 Å². The third-order valence-corrected chi connectivity index (χ3v) is 6.59. The molecule has 0 spiro atoms. The molecule has 0 unspecified atom stereocenters. The number of hydrogen-bond acceptors (Lipinski definition) is 5. The van der Waals surface area contributed by atoms with E-state index in [1.54, 1.807) is 12.2 Å². The van der Waals surface area contributed by atoms with Gasteiger partial charge in [0.25, 0.3) is 5.91 Å². The maximum absolute atomic E-state index is 13.9. The monoisotopic (exact) mass is 450 g/mol. The number of methoxy groups -OCH3 is 1. The van der Waals surface area contributed by atoms with Crippen LogP contribution in [-0.2, 0) is 14.4 Å². The van der Waals surface area contributed by atoms with Gasteiger partial charge in [-0.15, -0.1) is 0 Å². The van der Waals surface area contributed by atoms with Crippen LogP contribution in [-0.4, -0.2) is 25.0 Å². The lowest BCUT2D eigenvalue weighted by atomic mass is 9.90. The highest BCUT2D eigenvalue weighted by atomic mass is 16.7. The van der Waals surface area contributed by atoms with Crippen molar-refractivity contribution in [1.82, 2.24) is 0 Å². The van der Waals surface area contributed by atoms with Gasteiger partial charge in [0.15, 0.2) is 6.10 Å². The van der Waals surface area contributed by atoms with E-state index in [1.807, 2.05) is 97.1 Å². The number of rotatable bonds is 4. The number of fused-ring (bicyclic) bond motifs is 2. The van der Waals surface area contributed by atoms with Crippen molar-refractivity contribution in [3.63, 3.8) is 0 Å². The van der Waals surface area contributed by atoms with E-state index in [9.17, 15) is 9.59 Å². The normalized spacial score (nSPS) is 21.9. The summed E-state index contributed by atoms with van der Waals surface area (Å²) >= 11 is 0. The molecule has 6 rings (SSSR count). The Morgan fingerprint density at radius 3 is 2.24 bits per heavy atom. The molecule has 2 amide bonds. The van der Waals surface area contributed by atoms with Crippen molar-refractivity contribution in [1.29, 1.82) is 0 Å². The van der Waals surface area contributed by atoms with Crippen LogP contribution < -0.4 is 14.7 Å². The molecular formula is C28H22N2O4. The van der Waals surface area contributed by atoms with Crippen molar-refractivity contribution in [2.24, 2.45) is 5.92 Å². The molecule has 0 N–H and O–H groups in total. The summed E-state index contributed by atoms with van der Waals surface area (Å²) in [6, 6.07) is 30.0. The zero-order chi connectivity index (χ0) is 23.2. The van der Waals surface area contributed by atoms with Gasteiger partial charge in [0.05, 0.1) is 24.5 Å². The number of carbonyl (C=O) groups is 2. The highest BCUT2D eigenvalue weighted by Gasteiger charge is 2.60. The number of imide groups is 1. The van der Waals surface area contributed by atoms with Crippen molar-refractivity contribution in [2.45, 2.75) is 12.1 Å². The number of para-hydroxylation sites is 1. The van der Waals surface area contributed by atoms with Crippen LogP contribution in [0.4, 0.5) is 11.4 Å². The van der Waals surface area contributed by atoms with Crippen LogP contribution in [0.25, 0.3) is 10.8 Å². The lowest BCUT2D eigenvalue weighted by molar-refractivity contribution is -0.126. The average Bonchev–Trinajstić information content (AvgIpc) is 3.40. The average molecular weight is 450 g/mol. The number of anilines is 2. The SMILES string of the molecule is COc1ccc([C@@H]2[C@H]3C(=O)N(c4cccc5ccccc45)C(=O)[C@H]3ON2c2ccccc2)cc1. The fourth-order valence-corrected chi connectivity index (χ4v) is 4.99. The largest absolute Gasteiger partial charge is 0.497 e. The summed E-state index contributed by atoms with van der Waals surface area (Å²) in [5.41, 5.74) is 2.25. The first kappa shape index (κ1) is 20.4. The van der Waals surface area contributed by atoms with Gasteiger partial charge in [0, 0.05) is 5.39 Å². The van der Waals surface area contributed by atoms with Crippen LogP contribution in [0.5, 0.6) is 5.75 Å². The topological polar surface area (TPSA) is 59.1 Å². The van der Waals surface area contributed by atoms with Crippen LogP contribution in [0.2, 0.25) is 0 Å². The first-order valence-electron chi connectivity index (χ1n) is 11.2. The van der Waals surface area contributed by atoms with Crippen molar-refractivity contribution in [2.75, 3.05) is 17.1 Å². The van der Waals surface area contributed by atoms with E-state index >= 15 is 0 Å². The van der Waals surface area contributed by atoms with E-state index in [4.69, 9.17) is 9.57 Å². The Balaban J connectivity index is 1.45. The van der Waals surface area contributed by atoms with Crippen molar-refractivity contribution >= 4 is 34.0 Å². The summed E-state index contributed by atoms with van der Waals surface area (Å²) in [6.07, 6.45) is -0.904. The Hall–Kier alpha value is -4.16. The minimum atomic E-state index is -0.904. The van der Waals surface area contributed by atoms with E-state index < -0.39 is 18.1 Å². The Labute approximate surface area is 196 Å². The summed E-state index contributed by atoms with van der Waals surface area (Å²) in [4.78, 5) is 35.1. The van der Waals surface area contributed by atoms with Crippen LogP contribution in [0, 0.1) is 5.92 Å². The number of ether oxygens (including phenoxy) is 1. The Bertz CT molecular complexity index is 1380. The maximum atomic E-state index is 13.9. The van der Waals surface area contributed by atoms with Crippen LogP contribution in [0.15, 0.2) is 97.1 Å². The fraction of sp³-hybridized carbons (Fsp3) is 0.143. The molecule has 2 aliphatic rings. The van der Waals surface area contributed by atoms with Gasteiger partial charge in [-0.2, -0.15) is 0 Å². The second-order valence-corrected chi connectivity index (χ2v) is 8.44. The van der Waals surface area contributed by atoms with Gasteiger partial charge in [-0.25, -0.2) is 9.96 Å². The van der Waals surface area contributed by atoms with Gasteiger partial charge in [0.2, 0.25) is 5.91 Å². The van der Waals surface area contributed by atoms with E-state index in [1.165, 1.54) is 4.90 Å². The van der Waals surface area contributed by atoms with E-state index in [0.717, 1.165) is 27.8 Å². The Morgan fingerprint density at radius 1 is 0.765 bits per heavy atom. The quantitative estimate of drug-likeness (QED) is 0.414. The first-order chi connectivity index (χ1) is 16.7. The van der Waals surface area contributed by atoms with Gasteiger partial charge < -0.3 is 4.74 Å². The van der Waals surface area contributed by atoms with E-state index in [-0.39, 0.29) is 11.8 Å². The van der Waals surface area contributed by atoms with Gasteiger partial charge in [-0.1, -0.05) is 66.7 Å². The van der Waals surface area contributed by atoms with Gasteiger partial charge >= 0.3 is 0 Å². The first-order valence-corrected chi connectivity index (χ1v) is 11.2.